The zero-order valence-corrected chi connectivity index (χ0v) is 11.2. The second-order valence-corrected chi connectivity index (χ2v) is 4.20. The minimum atomic E-state index is -0.188. The van der Waals surface area contributed by atoms with Crippen LogP contribution in [-0.2, 0) is 0 Å². The molecular weight excluding hydrogens is 240 g/mol. The second kappa shape index (κ2) is 5.06. The Labute approximate surface area is 111 Å². The number of aryl methyl sites for hydroxylation is 2. The van der Waals surface area contributed by atoms with Gasteiger partial charge in [-0.15, -0.1) is 0 Å². The third-order valence-electron chi connectivity index (χ3n) is 2.86. The molecule has 0 aromatic carbocycles. The van der Waals surface area contributed by atoms with Crippen molar-refractivity contribution in [1.29, 1.82) is 0 Å². The molecule has 19 heavy (non-hydrogen) atoms. The Morgan fingerprint density at radius 2 is 2.16 bits per heavy atom. The molecule has 0 atom stereocenters. The van der Waals surface area contributed by atoms with Gasteiger partial charge in [-0.3, -0.25) is 4.79 Å². The third-order valence-corrected chi connectivity index (χ3v) is 2.86. The van der Waals surface area contributed by atoms with E-state index in [2.05, 4.69) is 26.8 Å². The molecule has 0 spiro atoms. The molecule has 0 aliphatic heterocycles. The average Bonchev–Trinajstić information content (AvgIpc) is 2.35. The van der Waals surface area contributed by atoms with E-state index in [1.165, 1.54) is 0 Å². The number of aromatic amines is 1. The molecule has 0 bridgehead atoms. The van der Waals surface area contributed by atoms with E-state index in [0.29, 0.717) is 22.7 Å². The first-order chi connectivity index (χ1) is 9.06. The zero-order chi connectivity index (χ0) is 14.0. The SMILES string of the molecule is C=C/C=C(\NC)c1cc2c(C)nc(C)nc2[nH]c1=O. The van der Waals surface area contributed by atoms with E-state index < -0.39 is 0 Å². The number of allylic oxidation sites excluding steroid dienone is 2. The molecule has 5 nitrogen and oxygen atoms in total. The maximum atomic E-state index is 12.1. The van der Waals surface area contributed by atoms with Crippen LogP contribution in [0.25, 0.3) is 16.7 Å². The van der Waals surface area contributed by atoms with Crippen LogP contribution in [0.3, 0.4) is 0 Å². The molecule has 0 amide bonds. The topological polar surface area (TPSA) is 70.7 Å². The summed E-state index contributed by atoms with van der Waals surface area (Å²) in [6, 6.07) is 1.80. The third kappa shape index (κ3) is 2.40. The quantitative estimate of drug-likeness (QED) is 0.820. The minimum absolute atomic E-state index is 0.188. The van der Waals surface area contributed by atoms with Crippen LogP contribution in [0.5, 0.6) is 0 Å². The molecule has 5 heteroatoms. The average molecular weight is 256 g/mol. The predicted octanol–water partition coefficient (Wildman–Crippen LogP) is 1.68. The fraction of sp³-hybridized carbons (Fsp3) is 0.214. The first-order valence-electron chi connectivity index (χ1n) is 5.96. The fourth-order valence-corrected chi connectivity index (χ4v) is 2.00. The van der Waals surface area contributed by atoms with Crippen molar-refractivity contribution in [3.63, 3.8) is 0 Å². The summed E-state index contributed by atoms with van der Waals surface area (Å²) in [6.07, 6.45) is 3.38. The Morgan fingerprint density at radius 1 is 1.42 bits per heavy atom. The lowest BCUT2D eigenvalue weighted by Crippen LogP contribution is -2.18. The van der Waals surface area contributed by atoms with Gasteiger partial charge < -0.3 is 10.3 Å². The molecule has 0 aliphatic rings. The predicted molar refractivity (Wildman–Crippen MR) is 76.9 cm³/mol. The minimum Gasteiger partial charge on any atom is -0.387 e. The van der Waals surface area contributed by atoms with Gasteiger partial charge in [0, 0.05) is 18.1 Å². The molecule has 2 aromatic heterocycles. The number of aromatic nitrogens is 3. The van der Waals surface area contributed by atoms with Gasteiger partial charge in [-0.1, -0.05) is 12.7 Å². The van der Waals surface area contributed by atoms with Crippen LogP contribution >= 0.6 is 0 Å². The lowest BCUT2D eigenvalue weighted by Gasteiger charge is -2.08. The highest BCUT2D eigenvalue weighted by Gasteiger charge is 2.10. The normalized spacial score (nSPS) is 11.6. The number of nitrogens with zero attached hydrogens (tertiary/aromatic N) is 2. The van der Waals surface area contributed by atoms with E-state index in [-0.39, 0.29) is 5.56 Å². The van der Waals surface area contributed by atoms with Crippen molar-refractivity contribution in [3.8, 4) is 0 Å². The summed E-state index contributed by atoms with van der Waals surface area (Å²) in [5.74, 6) is 0.642. The van der Waals surface area contributed by atoms with Crippen LogP contribution in [0.15, 0.2) is 29.6 Å². The van der Waals surface area contributed by atoms with Crippen LogP contribution in [0.2, 0.25) is 0 Å². The summed E-state index contributed by atoms with van der Waals surface area (Å²) in [4.78, 5) is 23.4. The molecular formula is C14H16N4O. The highest BCUT2D eigenvalue weighted by molar-refractivity contribution is 5.81. The van der Waals surface area contributed by atoms with Crippen molar-refractivity contribution in [2.24, 2.45) is 0 Å². The van der Waals surface area contributed by atoms with E-state index in [9.17, 15) is 4.79 Å². The van der Waals surface area contributed by atoms with Crippen molar-refractivity contribution >= 4 is 16.7 Å². The molecule has 0 unspecified atom stereocenters. The monoisotopic (exact) mass is 256 g/mol. The number of fused-ring (bicyclic) bond motifs is 1. The standard InChI is InChI=1S/C14H16N4O/c1-5-6-12(15-4)11-7-10-8(2)16-9(3)17-13(10)18-14(11)19/h5-7,15H,1H2,2-4H3,(H,16,17,18,19)/b12-6-. The Balaban J connectivity index is 2.78. The molecule has 0 aliphatic carbocycles. The van der Waals surface area contributed by atoms with Gasteiger partial charge in [-0.25, -0.2) is 9.97 Å². The van der Waals surface area contributed by atoms with Gasteiger partial charge in [0.1, 0.15) is 11.5 Å². The van der Waals surface area contributed by atoms with E-state index in [4.69, 9.17) is 0 Å². The van der Waals surface area contributed by atoms with Crippen molar-refractivity contribution in [2.45, 2.75) is 13.8 Å². The summed E-state index contributed by atoms with van der Waals surface area (Å²) in [5, 5.41) is 3.82. The summed E-state index contributed by atoms with van der Waals surface area (Å²) >= 11 is 0. The van der Waals surface area contributed by atoms with E-state index >= 15 is 0 Å². The summed E-state index contributed by atoms with van der Waals surface area (Å²) in [5.41, 5.74) is 2.47. The highest BCUT2D eigenvalue weighted by Crippen LogP contribution is 2.16. The molecule has 0 saturated heterocycles. The van der Waals surface area contributed by atoms with Gasteiger partial charge in [-0.05, 0) is 26.0 Å². The second-order valence-electron chi connectivity index (χ2n) is 4.20. The van der Waals surface area contributed by atoms with Crippen LogP contribution in [0.4, 0.5) is 0 Å². The van der Waals surface area contributed by atoms with Crippen molar-refractivity contribution in [3.05, 3.63) is 52.2 Å². The van der Waals surface area contributed by atoms with Crippen LogP contribution < -0.4 is 10.9 Å². The number of nitrogens with one attached hydrogen (secondary N) is 2. The molecule has 2 heterocycles. The number of rotatable bonds is 3. The van der Waals surface area contributed by atoms with Gasteiger partial charge in [0.15, 0.2) is 0 Å². The maximum absolute atomic E-state index is 12.1. The molecule has 2 aromatic rings. The highest BCUT2D eigenvalue weighted by atomic mass is 16.1. The molecule has 2 N–H and O–H groups in total. The molecule has 0 fully saturated rings. The van der Waals surface area contributed by atoms with Crippen molar-refractivity contribution in [1.82, 2.24) is 20.3 Å². The zero-order valence-electron chi connectivity index (χ0n) is 11.2. The number of hydrogen-bond donors (Lipinski definition) is 2. The Hall–Kier alpha value is -2.43. The van der Waals surface area contributed by atoms with Crippen molar-refractivity contribution < 1.29 is 0 Å². The van der Waals surface area contributed by atoms with Gasteiger partial charge in [0.25, 0.3) is 5.56 Å². The van der Waals surface area contributed by atoms with Gasteiger partial charge in [0.2, 0.25) is 0 Å². The fourth-order valence-electron chi connectivity index (χ4n) is 2.00. The number of hydrogen-bond acceptors (Lipinski definition) is 4. The Kier molecular flexibility index (Phi) is 3.46. The smallest absolute Gasteiger partial charge is 0.258 e. The van der Waals surface area contributed by atoms with E-state index in [1.54, 1.807) is 32.2 Å². The van der Waals surface area contributed by atoms with Crippen LogP contribution in [0, 0.1) is 13.8 Å². The summed E-state index contributed by atoms with van der Waals surface area (Å²) in [6.45, 7) is 7.34. The van der Waals surface area contributed by atoms with Gasteiger partial charge in [0.05, 0.1) is 11.3 Å². The summed E-state index contributed by atoms with van der Waals surface area (Å²) in [7, 11) is 1.76. The maximum Gasteiger partial charge on any atom is 0.258 e. The van der Waals surface area contributed by atoms with Crippen LogP contribution in [0.1, 0.15) is 17.1 Å². The molecule has 98 valence electrons. The first-order valence-corrected chi connectivity index (χ1v) is 5.96. The molecule has 0 radical (unpaired) electrons. The van der Waals surface area contributed by atoms with E-state index in [0.717, 1.165) is 11.1 Å². The van der Waals surface area contributed by atoms with Gasteiger partial charge in [-0.2, -0.15) is 0 Å². The number of H-pyrrole nitrogens is 1. The first kappa shape index (κ1) is 13.0. The Bertz CT molecular complexity index is 728. The molecule has 2 rings (SSSR count). The lowest BCUT2D eigenvalue weighted by atomic mass is 10.1. The van der Waals surface area contributed by atoms with Crippen LogP contribution in [-0.4, -0.2) is 22.0 Å². The van der Waals surface area contributed by atoms with E-state index in [1.807, 2.05) is 6.92 Å². The number of pyridine rings is 1. The lowest BCUT2D eigenvalue weighted by molar-refractivity contribution is 1.02. The van der Waals surface area contributed by atoms with Gasteiger partial charge >= 0.3 is 0 Å². The summed E-state index contributed by atoms with van der Waals surface area (Å²) < 4.78 is 0. The Morgan fingerprint density at radius 3 is 2.79 bits per heavy atom. The largest absolute Gasteiger partial charge is 0.387 e. The molecule has 0 saturated carbocycles. The van der Waals surface area contributed by atoms with Crippen molar-refractivity contribution in [2.75, 3.05) is 7.05 Å².